The van der Waals surface area contributed by atoms with Crippen molar-refractivity contribution in [1.82, 2.24) is 46.6 Å². The van der Waals surface area contributed by atoms with E-state index < -0.39 is 96.3 Å². The Kier molecular flexibility index (Phi) is 21.7. The number of hydrogen-bond acceptors (Lipinski definition) is 15. The third-order valence-electron chi connectivity index (χ3n) is 13.7. The average molecular weight is 1000 g/mol. The lowest BCUT2D eigenvalue weighted by Gasteiger charge is -2.33. The molecule has 0 spiro atoms. The van der Waals surface area contributed by atoms with Crippen molar-refractivity contribution in [2.24, 2.45) is 28.9 Å². The van der Waals surface area contributed by atoms with Crippen LogP contribution in [0.3, 0.4) is 0 Å². The van der Waals surface area contributed by atoms with Crippen molar-refractivity contribution in [2.45, 2.75) is 165 Å². The molecule has 1 aromatic rings. The molecule has 5 rings (SSSR count). The van der Waals surface area contributed by atoms with Crippen LogP contribution in [-0.2, 0) is 44.8 Å². The Hall–Kier alpha value is -5.50. The molecular weight excluding hydrogens is 921 g/mol. The smallest absolute Gasteiger partial charge is 0.326 e. The lowest BCUT2D eigenvalue weighted by Crippen LogP contribution is -2.89. The highest BCUT2D eigenvalue weighted by molar-refractivity contribution is 5.98. The number of carboxylic acids is 1. The summed E-state index contributed by atoms with van der Waals surface area (Å²) < 4.78 is 0. The molecule has 0 radical (unpaired) electrons. The number of nitrogens with two attached hydrogens (primary N) is 5. The zero-order chi connectivity index (χ0) is 51.8. The van der Waals surface area contributed by atoms with Crippen molar-refractivity contribution in [3.63, 3.8) is 0 Å². The maximum atomic E-state index is 14.7. The van der Waals surface area contributed by atoms with E-state index in [1.54, 1.807) is 17.0 Å². The van der Waals surface area contributed by atoms with E-state index in [1.807, 2.05) is 19.2 Å². The van der Waals surface area contributed by atoms with Crippen LogP contribution in [0.5, 0.6) is 5.75 Å². The van der Waals surface area contributed by atoms with Crippen molar-refractivity contribution in [2.75, 3.05) is 39.3 Å². The number of aliphatic carboxylic acids is 1. The predicted molar refractivity (Wildman–Crippen MR) is 259 cm³/mol. The van der Waals surface area contributed by atoms with E-state index in [4.69, 9.17) is 22.9 Å². The molecule has 18 N–H and O–H groups in total. The highest BCUT2D eigenvalue weighted by atomic mass is 16.4. The molecular formula is C47H79N14O10+. The van der Waals surface area contributed by atoms with E-state index in [1.165, 1.54) is 21.9 Å². The molecule has 0 bridgehead atoms. The number of nitrogens with one attached hydrogen (secondary N) is 6. The second-order valence-electron chi connectivity index (χ2n) is 19.7. The maximum absolute atomic E-state index is 14.7. The SMILES string of the molecule is CC(C)C[C@H](NC(=O)[C@H](Cc1ccc(O)cc1)NC(=O)[C@@H]1CCCN1C(=O)[C@@H]1CCC[NH2+]1)C(=O)N1CCC[C@H]1C(=O)N[C@@H](CCCNC(N)N)C(=O)N1CCC[C@H]1C(=O)N[C@@H](CCCNC(N)N)C(=O)O. The molecule has 8 atom stereocenters. The maximum Gasteiger partial charge on any atom is 0.326 e. The molecule has 1 aromatic carbocycles. The first-order valence-electron chi connectivity index (χ1n) is 25.3. The quantitative estimate of drug-likeness (QED) is 0.0310. The predicted octanol–water partition coefficient (Wildman–Crippen LogP) is -4.16. The minimum absolute atomic E-state index is 0.0105. The van der Waals surface area contributed by atoms with Gasteiger partial charge in [-0.1, -0.05) is 26.0 Å². The molecule has 4 saturated heterocycles. The van der Waals surface area contributed by atoms with Crippen LogP contribution < -0.4 is 60.2 Å². The van der Waals surface area contributed by atoms with Gasteiger partial charge in [0.2, 0.25) is 35.4 Å². The number of rotatable bonds is 26. The fourth-order valence-electron chi connectivity index (χ4n) is 10.0. The van der Waals surface area contributed by atoms with Crippen LogP contribution in [-0.4, -0.2) is 172 Å². The van der Waals surface area contributed by atoms with Crippen molar-refractivity contribution >= 4 is 47.3 Å². The largest absolute Gasteiger partial charge is 0.508 e. The van der Waals surface area contributed by atoms with Crippen molar-refractivity contribution in [3.8, 4) is 5.75 Å². The molecule has 0 aliphatic carbocycles. The fourth-order valence-corrected chi connectivity index (χ4v) is 10.0. The van der Waals surface area contributed by atoms with Crippen molar-refractivity contribution in [3.05, 3.63) is 29.8 Å². The monoisotopic (exact) mass is 1000 g/mol. The summed E-state index contributed by atoms with van der Waals surface area (Å²) in [4.78, 5) is 115. The number of amides is 7. The van der Waals surface area contributed by atoms with E-state index in [0.717, 1.165) is 19.4 Å². The molecule has 4 fully saturated rings. The number of hydrogen-bond donors (Lipinski definition) is 13. The Balaban J connectivity index is 1.30. The second kappa shape index (κ2) is 27.4. The molecule has 24 nitrogen and oxygen atoms in total. The minimum atomic E-state index is -1.24. The second-order valence-corrected chi connectivity index (χ2v) is 19.7. The Labute approximate surface area is 415 Å². The van der Waals surface area contributed by atoms with Gasteiger partial charge in [-0.3, -0.25) is 44.2 Å². The number of phenols is 1. The number of nitrogens with zero attached hydrogens (tertiary/aromatic N) is 3. The first kappa shape index (κ1) is 56.4. The van der Waals surface area contributed by atoms with Gasteiger partial charge in [-0.2, -0.15) is 0 Å². The topological polar surface area (TPSA) is 380 Å². The van der Waals surface area contributed by atoms with Crippen LogP contribution in [0, 0.1) is 5.92 Å². The molecule has 396 valence electrons. The number of phenolic OH excluding ortho intramolecular Hbond substituents is 1. The number of aromatic hydroxyl groups is 1. The van der Waals surface area contributed by atoms with Gasteiger partial charge in [0, 0.05) is 38.9 Å². The van der Waals surface area contributed by atoms with Crippen LogP contribution in [0.1, 0.15) is 103 Å². The van der Waals surface area contributed by atoms with Crippen LogP contribution in [0.2, 0.25) is 0 Å². The average Bonchev–Trinajstić information content (AvgIpc) is 4.18. The normalized spacial score (nSPS) is 21.8. The van der Waals surface area contributed by atoms with Gasteiger partial charge >= 0.3 is 5.97 Å². The third-order valence-corrected chi connectivity index (χ3v) is 13.7. The number of benzene rings is 1. The highest BCUT2D eigenvalue weighted by Gasteiger charge is 2.44. The summed E-state index contributed by atoms with van der Waals surface area (Å²) in [5, 5.41) is 38.7. The lowest BCUT2D eigenvalue weighted by atomic mass is 10.00. The van der Waals surface area contributed by atoms with Gasteiger partial charge in [0.25, 0.3) is 5.91 Å². The van der Waals surface area contributed by atoms with Gasteiger partial charge in [-0.15, -0.1) is 0 Å². The zero-order valence-electron chi connectivity index (χ0n) is 41.2. The molecule has 0 unspecified atom stereocenters. The molecule has 4 aliphatic rings. The van der Waals surface area contributed by atoms with E-state index in [0.29, 0.717) is 63.7 Å². The van der Waals surface area contributed by atoms with Crippen LogP contribution in [0.25, 0.3) is 0 Å². The Bertz CT molecular complexity index is 1990. The van der Waals surface area contributed by atoms with Gasteiger partial charge in [-0.25, -0.2) is 4.79 Å². The van der Waals surface area contributed by atoms with Gasteiger partial charge in [0.15, 0.2) is 6.04 Å². The molecule has 7 amide bonds. The van der Waals surface area contributed by atoms with Gasteiger partial charge in [-0.05, 0) is 107 Å². The number of carbonyl (C=O) groups is 8. The fraction of sp³-hybridized carbons (Fsp3) is 0.702. The Morgan fingerprint density at radius 2 is 1.11 bits per heavy atom. The minimum Gasteiger partial charge on any atom is -0.508 e. The van der Waals surface area contributed by atoms with Crippen LogP contribution >= 0.6 is 0 Å². The van der Waals surface area contributed by atoms with Crippen molar-refractivity contribution in [1.29, 1.82) is 0 Å². The van der Waals surface area contributed by atoms with E-state index in [-0.39, 0.29) is 75.2 Å². The Morgan fingerprint density at radius 1 is 0.634 bits per heavy atom. The standard InChI is InChI=1S/C47H78N14O10/c1-27(2)25-34(58-38(63)33(26-28-15-17-29(62)18-16-28)57-41(66)37-14-6-22-59(37)42(67)30-9-3-19-52-30)44(69)61-24-8-12-35(61)39(64)55-31(10-4-20-53-46(48)49)43(68)60-23-7-13-36(60)40(65)56-32(45(70)71)11-5-21-54-47(50)51/h15-18,27,30-37,46-47,52-54,62H,3-14,19-26,48-51H2,1-2H3,(H,55,64)(H,56,65)(H,57,66)(H,58,63)(H,70,71)/p+1/t30-,31-,32-,33-,34-,35-,36-,37-/m0/s1. The summed E-state index contributed by atoms with van der Waals surface area (Å²) in [7, 11) is 0. The van der Waals surface area contributed by atoms with Gasteiger partial charge in [0.05, 0.1) is 6.54 Å². The van der Waals surface area contributed by atoms with Crippen molar-refractivity contribution < 1.29 is 53.9 Å². The van der Waals surface area contributed by atoms with Gasteiger partial charge in [0.1, 0.15) is 60.6 Å². The summed E-state index contributed by atoms with van der Waals surface area (Å²) in [6.07, 6.45) is 3.58. The molecule has 0 saturated carbocycles. The number of carboxylic acid groups (broad SMARTS) is 1. The van der Waals surface area contributed by atoms with Gasteiger partial charge < -0.3 is 74.4 Å². The highest BCUT2D eigenvalue weighted by Crippen LogP contribution is 2.25. The molecule has 4 aliphatic heterocycles. The first-order valence-corrected chi connectivity index (χ1v) is 25.3. The van der Waals surface area contributed by atoms with E-state index in [9.17, 15) is 48.6 Å². The first-order chi connectivity index (χ1) is 33.8. The molecule has 71 heavy (non-hydrogen) atoms. The third kappa shape index (κ3) is 16.5. The van der Waals surface area contributed by atoms with E-state index in [2.05, 4.69) is 31.9 Å². The summed E-state index contributed by atoms with van der Waals surface area (Å²) in [5.41, 5.74) is 23.0. The van der Waals surface area contributed by atoms with Crippen LogP contribution in [0.15, 0.2) is 24.3 Å². The van der Waals surface area contributed by atoms with Crippen LogP contribution in [0.4, 0.5) is 0 Å². The number of carbonyl (C=O) groups excluding carboxylic acids is 7. The molecule has 0 aromatic heterocycles. The lowest BCUT2D eigenvalue weighted by molar-refractivity contribution is -0.658. The summed E-state index contributed by atoms with van der Waals surface area (Å²) in [5.74, 6) is -4.87. The number of quaternary nitrogens is 1. The Morgan fingerprint density at radius 3 is 1.61 bits per heavy atom. The van der Waals surface area contributed by atoms with E-state index >= 15 is 0 Å². The summed E-state index contributed by atoms with van der Waals surface area (Å²) in [6.45, 7) is 6.02. The molecule has 24 heteroatoms. The summed E-state index contributed by atoms with van der Waals surface area (Å²) >= 11 is 0. The molecule has 4 heterocycles. The summed E-state index contributed by atoms with van der Waals surface area (Å²) in [6, 6.07) is -1.53. The number of likely N-dealkylation sites (tertiary alicyclic amines) is 3. The zero-order valence-corrected chi connectivity index (χ0v) is 41.2.